The number of hydrogen-bond donors (Lipinski definition) is 1. The summed E-state index contributed by atoms with van der Waals surface area (Å²) < 4.78 is 51.1. The molecule has 1 saturated carbocycles. The molecule has 0 bridgehead atoms. The predicted molar refractivity (Wildman–Crippen MR) is 137 cm³/mol. The molecule has 1 N–H and O–H groups in total. The van der Waals surface area contributed by atoms with Crippen LogP contribution >= 0.6 is 0 Å². The molecule has 1 aromatic heterocycles. The number of methoxy groups -OCH3 is 1. The number of amides is 1. The summed E-state index contributed by atoms with van der Waals surface area (Å²) in [6.45, 7) is 1.89. The third kappa shape index (κ3) is 6.00. The van der Waals surface area contributed by atoms with Crippen LogP contribution in [0, 0.1) is 12.8 Å². The summed E-state index contributed by atoms with van der Waals surface area (Å²) >= 11 is 0. The lowest BCUT2D eigenvalue weighted by atomic mass is 10.0. The fourth-order valence-corrected chi connectivity index (χ4v) is 4.88. The topological polar surface area (TPSA) is 82.5 Å². The number of hydrogen-bond acceptors (Lipinski definition) is 5. The number of rotatable bonds is 8. The van der Waals surface area contributed by atoms with Crippen molar-refractivity contribution in [1.82, 2.24) is 14.9 Å². The average Bonchev–Trinajstić information content (AvgIpc) is 3.52. The number of ether oxygens (including phenoxy) is 2. The molecule has 0 radical (unpaired) electrons. The number of nitrogens with zero attached hydrogens (tertiary/aromatic N) is 2. The molecule has 7 nitrogen and oxygen atoms in total. The predicted octanol–water partition coefficient (Wildman–Crippen LogP) is 5.26. The number of esters is 1. The molecule has 204 valence electrons. The quantitative estimate of drug-likeness (QED) is 0.312. The average molecular weight is 540 g/mol. The molecule has 2 aliphatic rings. The van der Waals surface area contributed by atoms with Crippen molar-refractivity contribution in [2.45, 2.75) is 50.9 Å². The second kappa shape index (κ2) is 10.6. The van der Waals surface area contributed by atoms with Crippen LogP contribution in [0.2, 0.25) is 0 Å². The molecule has 2 aliphatic carbocycles. The highest BCUT2D eigenvalue weighted by Crippen LogP contribution is 2.38. The van der Waals surface area contributed by atoms with Crippen molar-refractivity contribution >= 4 is 18.0 Å². The van der Waals surface area contributed by atoms with Gasteiger partial charge in [-0.25, -0.2) is 9.78 Å². The maximum atomic E-state index is 13.6. The van der Waals surface area contributed by atoms with Crippen LogP contribution in [0.5, 0.6) is 5.75 Å². The zero-order valence-electron chi connectivity index (χ0n) is 21.5. The highest BCUT2D eigenvalue weighted by Gasteiger charge is 2.45. The number of aromatic nitrogens is 2. The third-order valence-corrected chi connectivity index (χ3v) is 6.99. The maximum absolute atomic E-state index is 13.6. The first kappa shape index (κ1) is 26.5. The maximum Gasteiger partial charge on any atom is 0.490 e. The van der Waals surface area contributed by atoms with Gasteiger partial charge < -0.3 is 19.4 Å². The fourth-order valence-electron chi connectivity index (χ4n) is 4.88. The lowest BCUT2D eigenvalue weighted by molar-refractivity contribution is -0.205. The van der Waals surface area contributed by atoms with Crippen molar-refractivity contribution in [3.05, 3.63) is 82.9 Å². The van der Waals surface area contributed by atoms with Crippen LogP contribution < -0.4 is 10.1 Å². The molecular formula is C29H28F3N3O4. The van der Waals surface area contributed by atoms with Gasteiger partial charge in [-0.3, -0.25) is 4.79 Å². The molecule has 0 unspecified atom stereocenters. The van der Waals surface area contributed by atoms with Crippen molar-refractivity contribution in [3.63, 3.8) is 0 Å². The number of carbonyl (C=O) groups excluding carboxylic acids is 2. The monoisotopic (exact) mass is 539 g/mol. The highest BCUT2D eigenvalue weighted by molar-refractivity contribution is 5.98. The van der Waals surface area contributed by atoms with Crippen molar-refractivity contribution < 1.29 is 32.2 Å². The number of carbonyl (C=O) groups is 2. The number of benzene rings is 2. The van der Waals surface area contributed by atoms with Gasteiger partial charge in [-0.1, -0.05) is 30.3 Å². The number of fused-ring (bicyclic) bond motifs is 1. The van der Waals surface area contributed by atoms with E-state index in [9.17, 15) is 22.8 Å². The van der Waals surface area contributed by atoms with Crippen LogP contribution in [-0.4, -0.2) is 40.8 Å². The summed E-state index contributed by atoms with van der Waals surface area (Å²) in [5.41, 5.74) is 4.25. The Morgan fingerprint density at radius 1 is 1.18 bits per heavy atom. The Morgan fingerprint density at radius 2 is 1.95 bits per heavy atom. The van der Waals surface area contributed by atoms with Crippen molar-refractivity contribution in [2.24, 2.45) is 5.92 Å². The molecule has 1 heterocycles. The first-order valence-corrected chi connectivity index (χ1v) is 12.7. The van der Waals surface area contributed by atoms with Crippen LogP contribution in [0.3, 0.4) is 0 Å². The molecule has 39 heavy (non-hydrogen) atoms. The highest BCUT2D eigenvalue weighted by atomic mass is 19.4. The van der Waals surface area contributed by atoms with Crippen LogP contribution in [0.1, 0.15) is 47.7 Å². The molecule has 0 spiro atoms. The Morgan fingerprint density at radius 3 is 2.62 bits per heavy atom. The lowest BCUT2D eigenvalue weighted by Crippen LogP contribution is -2.39. The van der Waals surface area contributed by atoms with E-state index in [2.05, 4.69) is 10.3 Å². The van der Waals surface area contributed by atoms with Gasteiger partial charge in [-0.2, -0.15) is 13.2 Å². The summed E-state index contributed by atoms with van der Waals surface area (Å²) in [5, 5.41) is 2.87. The van der Waals surface area contributed by atoms with Gasteiger partial charge in [-0.05, 0) is 67.0 Å². The third-order valence-electron chi connectivity index (χ3n) is 6.99. The van der Waals surface area contributed by atoms with Gasteiger partial charge in [0.25, 0.3) is 0 Å². The molecule has 0 saturated heterocycles. The van der Waals surface area contributed by atoms with Gasteiger partial charge in [-0.15, -0.1) is 0 Å². The number of aryl methyl sites for hydroxylation is 1. The standard InChI is InChI=1S/C29H28F3N3O4/c1-17-15-35(16-33-17)23-10-9-19(13-24(23)38-2)12-21(11-18-7-8-18)27(36)34-26-22-6-4-3-5-20(22)14-25(26)39-28(37)29(30,31)32/h3-6,9-10,12-13,15-16,18,25-26H,7-8,11,14H2,1-2H3,(H,34,36)/b21-12+/t25-,26+/m0/s1. The smallest absolute Gasteiger partial charge is 0.490 e. The zero-order valence-corrected chi connectivity index (χ0v) is 21.5. The lowest BCUT2D eigenvalue weighted by Gasteiger charge is -2.23. The fraction of sp³-hybridized carbons (Fsp3) is 0.345. The minimum Gasteiger partial charge on any atom is -0.495 e. The Hall–Kier alpha value is -4.08. The summed E-state index contributed by atoms with van der Waals surface area (Å²) in [4.78, 5) is 29.5. The van der Waals surface area contributed by atoms with E-state index in [0.717, 1.165) is 35.3 Å². The molecule has 1 fully saturated rings. The molecule has 1 amide bonds. The van der Waals surface area contributed by atoms with Crippen molar-refractivity contribution in [2.75, 3.05) is 7.11 Å². The Balaban J connectivity index is 1.42. The van der Waals surface area contributed by atoms with E-state index in [1.807, 2.05) is 35.9 Å². The van der Waals surface area contributed by atoms with E-state index in [0.29, 0.717) is 29.2 Å². The normalized spacial score (nSPS) is 18.9. The van der Waals surface area contributed by atoms with Crippen LogP contribution in [0.25, 0.3) is 11.8 Å². The molecule has 2 aromatic carbocycles. The number of alkyl halides is 3. The molecule has 2 atom stereocenters. The molecule has 3 aromatic rings. The van der Waals surface area contributed by atoms with E-state index in [1.54, 1.807) is 43.8 Å². The van der Waals surface area contributed by atoms with Gasteiger partial charge in [0.2, 0.25) is 5.91 Å². The van der Waals surface area contributed by atoms with Crippen LogP contribution in [0.15, 0.2) is 60.6 Å². The summed E-state index contributed by atoms with van der Waals surface area (Å²) in [6.07, 6.45) is 1.67. The zero-order chi connectivity index (χ0) is 27.7. The summed E-state index contributed by atoms with van der Waals surface area (Å²) in [7, 11) is 1.56. The molecule has 5 rings (SSSR count). The van der Waals surface area contributed by atoms with E-state index in [4.69, 9.17) is 9.47 Å². The van der Waals surface area contributed by atoms with E-state index < -0.39 is 30.2 Å². The first-order valence-electron chi connectivity index (χ1n) is 12.7. The molecule has 10 heteroatoms. The summed E-state index contributed by atoms with van der Waals surface area (Å²) in [6, 6.07) is 11.6. The van der Waals surface area contributed by atoms with Crippen LogP contribution in [-0.2, 0) is 20.7 Å². The van der Waals surface area contributed by atoms with Gasteiger partial charge in [0.1, 0.15) is 11.9 Å². The Kier molecular flexibility index (Phi) is 7.20. The second-order valence-electron chi connectivity index (χ2n) is 9.97. The minimum atomic E-state index is -5.12. The van der Waals surface area contributed by atoms with Crippen molar-refractivity contribution in [3.8, 4) is 11.4 Å². The molecule has 0 aliphatic heterocycles. The Bertz CT molecular complexity index is 1430. The second-order valence-corrected chi connectivity index (χ2v) is 9.97. The minimum absolute atomic E-state index is 0.0804. The van der Waals surface area contributed by atoms with E-state index >= 15 is 0 Å². The van der Waals surface area contributed by atoms with Gasteiger partial charge >= 0.3 is 12.1 Å². The van der Waals surface area contributed by atoms with Gasteiger partial charge in [0.05, 0.1) is 30.9 Å². The van der Waals surface area contributed by atoms with E-state index in [-0.39, 0.29) is 6.42 Å². The number of nitrogens with one attached hydrogen (secondary N) is 1. The Labute approximate surface area is 223 Å². The SMILES string of the molecule is COc1cc(/C=C(\CC2CC2)C(=O)N[C@@H]2c3ccccc3C[C@@H]2OC(=O)C(F)(F)F)ccc1-n1cnc(C)c1. The number of halogens is 3. The molecular weight excluding hydrogens is 511 g/mol. The van der Waals surface area contributed by atoms with Gasteiger partial charge in [0, 0.05) is 18.2 Å². The van der Waals surface area contributed by atoms with E-state index in [1.165, 1.54) is 0 Å². The van der Waals surface area contributed by atoms with Crippen LogP contribution in [0.4, 0.5) is 13.2 Å². The number of imidazole rings is 1. The largest absolute Gasteiger partial charge is 0.495 e. The van der Waals surface area contributed by atoms with Gasteiger partial charge in [0.15, 0.2) is 0 Å². The van der Waals surface area contributed by atoms with Crippen molar-refractivity contribution in [1.29, 1.82) is 0 Å². The summed E-state index contributed by atoms with van der Waals surface area (Å²) in [5.74, 6) is -1.72. The first-order chi connectivity index (χ1) is 18.6.